The second-order valence-electron chi connectivity index (χ2n) is 1.86. The van der Waals surface area contributed by atoms with Gasteiger partial charge < -0.3 is 9.97 Å². The molecule has 1 aromatic heterocycles. The topological polar surface area (TPSA) is 27.0 Å². The van der Waals surface area contributed by atoms with Crippen molar-refractivity contribution in [2.45, 2.75) is 0 Å². The summed E-state index contributed by atoms with van der Waals surface area (Å²) in [5.41, 5.74) is 1.94. The van der Waals surface area contributed by atoms with Gasteiger partial charge in [-0.25, -0.2) is 0 Å². The van der Waals surface area contributed by atoms with Gasteiger partial charge in [0, 0.05) is 0 Å². The van der Waals surface area contributed by atoms with Crippen LogP contribution in [0, 0.1) is 0 Å². The number of aromatic nitrogens is 2. The van der Waals surface area contributed by atoms with Crippen LogP contribution in [-0.2, 0) is 22.4 Å². The van der Waals surface area contributed by atoms with Gasteiger partial charge in [0.1, 0.15) is 0 Å². The van der Waals surface area contributed by atoms with E-state index in [-0.39, 0.29) is 22.4 Å². The van der Waals surface area contributed by atoms with Gasteiger partial charge in [0.2, 0.25) is 0 Å². The standard InChI is InChI=1S/C7H5N2.Ag/c1-2-4-7-6(3-1)8-5-9-7;/h1-5H;/q-1;+1. The second kappa shape index (κ2) is 3.01. The van der Waals surface area contributed by atoms with Crippen molar-refractivity contribution in [1.29, 1.82) is 0 Å². The van der Waals surface area contributed by atoms with E-state index < -0.39 is 0 Å². The first-order valence-electron chi connectivity index (χ1n) is 2.79. The molecule has 1 heterocycles. The summed E-state index contributed by atoms with van der Waals surface area (Å²) in [7, 11) is 0. The average molecular weight is 225 g/mol. The quantitative estimate of drug-likeness (QED) is 0.629. The maximum Gasteiger partial charge on any atom is 1.00 e. The monoisotopic (exact) mass is 224 g/mol. The molecule has 2 aromatic rings. The average Bonchev–Trinajstić information content (AvgIpc) is 2.33. The minimum atomic E-state index is 0. The third kappa shape index (κ3) is 1.14. The summed E-state index contributed by atoms with van der Waals surface area (Å²) in [4.78, 5) is 8.02. The molecule has 0 fully saturated rings. The maximum absolute atomic E-state index is 4.01. The fourth-order valence-electron chi connectivity index (χ4n) is 0.836. The molecule has 0 spiro atoms. The van der Waals surface area contributed by atoms with Gasteiger partial charge in [-0.1, -0.05) is 30.6 Å². The molecule has 0 atom stereocenters. The van der Waals surface area contributed by atoms with Crippen LogP contribution in [0.15, 0.2) is 30.6 Å². The molecule has 1 aromatic carbocycles. The van der Waals surface area contributed by atoms with Crippen molar-refractivity contribution in [1.82, 2.24) is 9.97 Å². The molecule has 0 radical (unpaired) electrons. The van der Waals surface area contributed by atoms with Gasteiger partial charge in [-0.2, -0.15) is 0 Å². The van der Waals surface area contributed by atoms with Gasteiger partial charge in [-0.15, -0.1) is 0 Å². The molecule has 0 aliphatic heterocycles. The number of para-hydroxylation sites is 2. The molecule has 2 rings (SSSR count). The number of nitrogens with zero attached hydrogens (tertiary/aromatic N) is 2. The van der Waals surface area contributed by atoms with Gasteiger partial charge in [0.25, 0.3) is 0 Å². The SMILES string of the molecule is [Ag+].c1ccc2[n-]cnc2c1. The molecule has 0 bridgehead atoms. The Morgan fingerprint density at radius 3 is 2.80 bits per heavy atom. The van der Waals surface area contributed by atoms with E-state index in [4.69, 9.17) is 0 Å². The summed E-state index contributed by atoms with van der Waals surface area (Å²) >= 11 is 0. The van der Waals surface area contributed by atoms with Gasteiger partial charge in [-0.05, 0) is 11.0 Å². The predicted molar refractivity (Wildman–Crippen MR) is 35.1 cm³/mol. The zero-order valence-corrected chi connectivity index (χ0v) is 6.56. The van der Waals surface area contributed by atoms with Crippen molar-refractivity contribution in [3.05, 3.63) is 30.6 Å². The first-order valence-corrected chi connectivity index (χ1v) is 2.79. The van der Waals surface area contributed by atoms with E-state index in [1.54, 1.807) is 6.33 Å². The van der Waals surface area contributed by atoms with Crippen LogP contribution in [0.3, 0.4) is 0 Å². The molecule has 0 unspecified atom stereocenters. The number of hydrogen-bond donors (Lipinski definition) is 0. The maximum atomic E-state index is 4.01. The number of fused-ring (bicyclic) bond motifs is 1. The van der Waals surface area contributed by atoms with E-state index >= 15 is 0 Å². The fourth-order valence-corrected chi connectivity index (χ4v) is 0.836. The van der Waals surface area contributed by atoms with E-state index in [1.165, 1.54) is 0 Å². The Kier molecular flexibility index (Phi) is 2.27. The Bertz CT molecular complexity index is 286. The Labute approximate surface area is 74.2 Å². The molecule has 0 saturated carbocycles. The number of benzene rings is 1. The summed E-state index contributed by atoms with van der Waals surface area (Å²) in [5, 5.41) is 0. The molecule has 0 N–H and O–H groups in total. The molecule has 0 aliphatic rings. The molecule has 2 nitrogen and oxygen atoms in total. The van der Waals surface area contributed by atoms with Crippen LogP contribution in [0.25, 0.3) is 11.0 Å². The molecule has 54 valence electrons. The zero-order valence-electron chi connectivity index (χ0n) is 5.08. The molecule has 0 amide bonds. The molecule has 0 aliphatic carbocycles. The van der Waals surface area contributed by atoms with E-state index in [9.17, 15) is 0 Å². The van der Waals surface area contributed by atoms with Crippen molar-refractivity contribution in [3.63, 3.8) is 0 Å². The van der Waals surface area contributed by atoms with Crippen molar-refractivity contribution in [2.24, 2.45) is 0 Å². The molecule has 0 saturated heterocycles. The summed E-state index contributed by atoms with van der Waals surface area (Å²) in [6.07, 6.45) is 1.57. The Morgan fingerprint density at radius 1 is 1.20 bits per heavy atom. The summed E-state index contributed by atoms with van der Waals surface area (Å²) in [6, 6.07) is 7.80. The van der Waals surface area contributed by atoms with Crippen LogP contribution >= 0.6 is 0 Å². The van der Waals surface area contributed by atoms with Crippen LogP contribution in [0.2, 0.25) is 0 Å². The largest absolute Gasteiger partial charge is 1.00 e. The van der Waals surface area contributed by atoms with Crippen LogP contribution in [0.4, 0.5) is 0 Å². The van der Waals surface area contributed by atoms with Gasteiger partial charge in [-0.3, -0.25) is 0 Å². The third-order valence-electron chi connectivity index (χ3n) is 1.28. The van der Waals surface area contributed by atoms with Crippen molar-refractivity contribution in [3.8, 4) is 0 Å². The summed E-state index contributed by atoms with van der Waals surface area (Å²) in [5.74, 6) is 0. The van der Waals surface area contributed by atoms with Gasteiger partial charge in [0.15, 0.2) is 0 Å². The van der Waals surface area contributed by atoms with Crippen molar-refractivity contribution >= 4 is 11.0 Å². The molecular weight excluding hydrogens is 220 g/mol. The van der Waals surface area contributed by atoms with Crippen molar-refractivity contribution < 1.29 is 22.4 Å². The zero-order chi connectivity index (χ0) is 6.10. The Morgan fingerprint density at radius 2 is 2.00 bits per heavy atom. The summed E-state index contributed by atoms with van der Waals surface area (Å²) in [6.45, 7) is 0. The molecular formula is C7H5AgN2. The van der Waals surface area contributed by atoms with Crippen LogP contribution in [0.1, 0.15) is 0 Å². The fraction of sp³-hybridized carbons (Fsp3) is 0. The Hall–Kier alpha value is -0.570. The number of imidazole rings is 1. The smallest absolute Gasteiger partial charge is 0.443 e. The van der Waals surface area contributed by atoms with E-state index in [0.29, 0.717) is 0 Å². The summed E-state index contributed by atoms with van der Waals surface area (Å²) < 4.78 is 0. The van der Waals surface area contributed by atoms with Crippen molar-refractivity contribution in [2.75, 3.05) is 0 Å². The Balaban J connectivity index is 0.000000500. The van der Waals surface area contributed by atoms with Gasteiger partial charge in [0.05, 0.1) is 0 Å². The normalized spacial score (nSPS) is 9.20. The first-order chi connectivity index (χ1) is 4.47. The van der Waals surface area contributed by atoms with Gasteiger partial charge >= 0.3 is 22.4 Å². The first kappa shape index (κ1) is 7.54. The molecule has 3 heteroatoms. The van der Waals surface area contributed by atoms with E-state index in [1.807, 2.05) is 24.3 Å². The van der Waals surface area contributed by atoms with Crippen LogP contribution in [-0.4, -0.2) is 4.98 Å². The minimum Gasteiger partial charge on any atom is -0.443 e. The number of hydrogen-bond acceptors (Lipinski definition) is 1. The van der Waals surface area contributed by atoms with Crippen LogP contribution in [0.5, 0.6) is 0 Å². The van der Waals surface area contributed by atoms with E-state index in [0.717, 1.165) is 11.0 Å². The van der Waals surface area contributed by atoms with E-state index in [2.05, 4.69) is 9.97 Å². The second-order valence-corrected chi connectivity index (χ2v) is 1.86. The third-order valence-corrected chi connectivity index (χ3v) is 1.28. The molecule has 10 heavy (non-hydrogen) atoms. The minimum absolute atomic E-state index is 0. The van der Waals surface area contributed by atoms with Crippen LogP contribution < -0.4 is 4.98 Å². The predicted octanol–water partition coefficient (Wildman–Crippen LogP) is 1.19. The number of rotatable bonds is 0.